The summed E-state index contributed by atoms with van der Waals surface area (Å²) in [6.45, 7) is 0. The van der Waals surface area contributed by atoms with Gasteiger partial charge in [0.2, 0.25) is 0 Å². The molecule has 0 saturated heterocycles. The van der Waals surface area contributed by atoms with Crippen molar-refractivity contribution in [1.82, 2.24) is 5.43 Å². The van der Waals surface area contributed by atoms with Gasteiger partial charge in [-0.1, -0.05) is 6.07 Å². The second kappa shape index (κ2) is 6.99. The van der Waals surface area contributed by atoms with Crippen LogP contribution >= 0.6 is 12.2 Å². The van der Waals surface area contributed by atoms with E-state index < -0.39 is 23.3 Å². The van der Waals surface area contributed by atoms with E-state index in [1.165, 1.54) is 18.3 Å². The van der Waals surface area contributed by atoms with Crippen molar-refractivity contribution >= 4 is 29.2 Å². The van der Waals surface area contributed by atoms with Crippen LogP contribution in [-0.4, -0.2) is 11.3 Å². The zero-order chi connectivity index (χ0) is 16.1. The lowest BCUT2D eigenvalue weighted by Gasteiger charge is -2.07. The van der Waals surface area contributed by atoms with E-state index in [1.54, 1.807) is 0 Å². The van der Waals surface area contributed by atoms with Crippen LogP contribution in [0.3, 0.4) is 0 Å². The Labute approximate surface area is 128 Å². The number of hydrogen-bond acceptors (Lipinski definition) is 2. The van der Waals surface area contributed by atoms with E-state index in [0.29, 0.717) is 11.6 Å². The van der Waals surface area contributed by atoms with Gasteiger partial charge in [0, 0.05) is 6.07 Å². The largest absolute Gasteiger partial charge is 0.329 e. The minimum absolute atomic E-state index is 0.0260. The van der Waals surface area contributed by atoms with Gasteiger partial charge in [-0.3, -0.25) is 5.43 Å². The molecule has 0 heterocycles. The minimum Gasteiger partial charge on any atom is -0.329 e. The van der Waals surface area contributed by atoms with Gasteiger partial charge in [-0.2, -0.15) is 5.10 Å². The standard InChI is InChI=1S/C14H9F4N3S/c15-9-2-4-13(12(18)6-9)20-14(22)21-19-7-8-1-3-10(16)11(17)5-8/h1-7H,(H2,20,21,22)/b19-7-. The molecule has 0 atom stereocenters. The first kappa shape index (κ1) is 15.9. The molecule has 0 bridgehead atoms. The van der Waals surface area contributed by atoms with Gasteiger partial charge in [0.05, 0.1) is 11.9 Å². The summed E-state index contributed by atoms with van der Waals surface area (Å²) < 4.78 is 51.8. The van der Waals surface area contributed by atoms with Gasteiger partial charge in [-0.15, -0.1) is 0 Å². The Morgan fingerprint density at radius 1 is 0.955 bits per heavy atom. The van der Waals surface area contributed by atoms with Crippen LogP contribution in [0.1, 0.15) is 5.56 Å². The Bertz CT molecular complexity index is 734. The highest BCUT2D eigenvalue weighted by Crippen LogP contribution is 2.14. The van der Waals surface area contributed by atoms with Crippen molar-refractivity contribution in [2.24, 2.45) is 5.10 Å². The summed E-state index contributed by atoms with van der Waals surface area (Å²) in [6.07, 6.45) is 1.21. The highest BCUT2D eigenvalue weighted by molar-refractivity contribution is 7.80. The van der Waals surface area contributed by atoms with Crippen LogP contribution in [0.2, 0.25) is 0 Å². The maximum Gasteiger partial charge on any atom is 0.191 e. The van der Waals surface area contributed by atoms with Crippen LogP contribution in [0.15, 0.2) is 41.5 Å². The van der Waals surface area contributed by atoms with Gasteiger partial charge in [0.25, 0.3) is 0 Å². The van der Waals surface area contributed by atoms with E-state index in [0.717, 1.165) is 18.2 Å². The molecule has 3 nitrogen and oxygen atoms in total. The molecule has 8 heteroatoms. The topological polar surface area (TPSA) is 36.4 Å². The molecule has 114 valence electrons. The molecule has 22 heavy (non-hydrogen) atoms. The number of hydrazone groups is 1. The Kier molecular flexibility index (Phi) is 5.05. The average Bonchev–Trinajstić information content (AvgIpc) is 2.46. The number of anilines is 1. The normalized spacial score (nSPS) is 10.7. The van der Waals surface area contributed by atoms with Crippen LogP contribution in [0.5, 0.6) is 0 Å². The summed E-state index contributed by atoms with van der Waals surface area (Å²) in [5, 5.41) is 6.11. The molecule has 2 rings (SSSR count). The van der Waals surface area contributed by atoms with Crippen LogP contribution < -0.4 is 10.7 Å². The van der Waals surface area contributed by atoms with E-state index in [2.05, 4.69) is 15.8 Å². The predicted octanol–water partition coefficient (Wildman–Crippen LogP) is 3.56. The van der Waals surface area contributed by atoms with Gasteiger partial charge in [0.1, 0.15) is 11.6 Å². The van der Waals surface area contributed by atoms with E-state index >= 15 is 0 Å². The zero-order valence-corrected chi connectivity index (χ0v) is 11.7. The first-order chi connectivity index (χ1) is 10.5. The first-order valence-electron chi connectivity index (χ1n) is 5.96. The summed E-state index contributed by atoms with van der Waals surface area (Å²) in [4.78, 5) is 0. The Morgan fingerprint density at radius 2 is 1.73 bits per heavy atom. The van der Waals surface area contributed by atoms with Gasteiger partial charge >= 0.3 is 0 Å². The lowest BCUT2D eigenvalue weighted by atomic mass is 10.2. The maximum absolute atomic E-state index is 13.4. The average molecular weight is 327 g/mol. The Morgan fingerprint density at radius 3 is 2.41 bits per heavy atom. The second-order valence-corrected chi connectivity index (χ2v) is 4.53. The molecule has 2 N–H and O–H groups in total. The molecule has 0 saturated carbocycles. The van der Waals surface area contributed by atoms with E-state index in [9.17, 15) is 17.6 Å². The minimum atomic E-state index is -1.00. The fourth-order valence-corrected chi connectivity index (χ4v) is 1.66. The third kappa shape index (κ3) is 4.26. The van der Waals surface area contributed by atoms with Crippen molar-refractivity contribution in [2.75, 3.05) is 5.32 Å². The Balaban J connectivity index is 1.94. The number of benzene rings is 2. The molecular formula is C14H9F4N3S. The predicted molar refractivity (Wildman–Crippen MR) is 79.7 cm³/mol. The van der Waals surface area contributed by atoms with Crippen molar-refractivity contribution < 1.29 is 17.6 Å². The van der Waals surface area contributed by atoms with Gasteiger partial charge in [-0.25, -0.2) is 17.6 Å². The molecule has 2 aromatic carbocycles. The van der Waals surface area contributed by atoms with Crippen molar-refractivity contribution in [3.8, 4) is 0 Å². The maximum atomic E-state index is 13.4. The Hall–Kier alpha value is -2.48. The molecule has 0 aliphatic carbocycles. The summed E-state index contributed by atoms with van der Waals surface area (Å²) in [5.74, 6) is -3.49. The smallest absolute Gasteiger partial charge is 0.191 e. The van der Waals surface area contributed by atoms with Crippen LogP contribution in [0.4, 0.5) is 23.2 Å². The molecule has 0 aliphatic heterocycles. The molecule has 0 radical (unpaired) electrons. The third-order valence-corrected chi connectivity index (χ3v) is 2.70. The van der Waals surface area contributed by atoms with E-state index in [4.69, 9.17) is 12.2 Å². The number of hydrogen-bond donors (Lipinski definition) is 2. The lowest BCUT2D eigenvalue weighted by Crippen LogP contribution is -2.24. The quantitative estimate of drug-likeness (QED) is 0.392. The van der Waals surface area contributed by atoms with Crippen LogP contribution in [0.25, 0.3) is 0 Å². The van der Waals surface area contributed by atoms with Crippen molar-refractivity contribution in [1.29, 1.82) is 0 Å². The highest BCUT2D eigenvalue weighted by Gasteiger charge is 2.05. The van der Waals surface area contributed by atoms with Crippen LogP contribution in [-0.2, 0) is 0 Å². The molecular weight excluding hydrogens is 318 g/mol. The number of rotatable bonds is 3. The summed E-state index contributed by atoms with van der Waals surface area (Å²) in [7, 11) is 0. The number of halogens is 4. The van der Waals surface area contributed by atoms with Crippen molar-refractivity contribution in [3.05, 3.63) is 65.2 Å². The SMILES string of the molecule is Fc1ccc(NC(=S)N/N=C\c2ccc(F)c(F)c2)c(F)c1. The molecule has 0 aliphatic rings. The molecule has 0 fully saturated rings. The number of thiocarbonyl (C=S) groups is 1. The monoisotopic (exact) mass is 327 g/mol. The summed E-state index contributed by atoms with van der Waals surface area (Å²) in [5.41, 5.74) is 2.65. The molecule has 0 aromatic heterocycles. The lowest BCUT2D eigenvalue weighted by molar-refractivity contribution is 0.508. The van der Waals surface area contributed by atoms with Gasteiger partial charge < -0.3 is 5.32 Å². The van der Waals surface area contributed by atoms with Crippen LogP contribution in [0, 0.1) is 23.3 Å². The molecule has 0 amide bonds. The highest BCUT2D eigenvalue weighted by atomic mass is 32.1. The number of nitrogens with one attached hydrogen (secondary N) is 2. The second-order valence-electron chi connectivity index (χ2n) is 4.12. The zero-order valence-electron chi connectivity index (χ0n) is 10.9. The molecule has 0 spiro atoms. The van der Waals surface area contributed by atoms with Crippen molar-refractivity contribution in [3.63, 3.8) is 0 Å². The van der Waals surface area contributed by atoms with E-state index in [-0.39, 0.29) is 10.8 Å². The van der Waals surface area contributed by atoms with Gasteiger partial charge in [0.15, 0.2) is 16.7 Å². The third-order valence-electron chi connectivity index (χ3n) is 2.50. The van der Waals surface area contributed by atoms with Gasteiger partial charge in [-0.05, 0) is 42.0 Å². The van der Waals surface area contributed by atoms with E-state index in [1.807, 2.05) is 0 Å². The summed E-state index contributed by atoms with van der Waals surface area (Å²) in [6, 6.07) is 6.18. The molecule has 2 aromatic rings. The molecule has 0 unspecified atom stereocenters. The van der Waals surface area contributed by atoms with Crippen molar-refractivity contribution in [2.45, 2.75) is 0 Å². The fraction of sp³-hybridized carbons (Fsp3) is 0. The first-order valence-corrected chi connectivity index (χ1v) is 6.36. The summed E-state index contributed by atoms with van der Waals surface area (Å²) >= 11 is 4.86. The number of nitrogens with zero attached hydrogens (tertiary/aromatic N) is 1. The fourth-order valence-electron chi connectivity index (χ4n) is 1.50.